The van der Waals surface area contributed by atoms with Crippen molar-refractivity contribution in [1.82, 2.24) is 14.1 Å². The van der Waals surface area contributed by atoms with Crippen molar-refractivity contribution in [3.8, 4) is 0 Å². The molecular formula is C18H18BrN3O2S. The van der Waals surface area contributed by atoms with Crippen LogP contribution in [0.4, 0.5) is 0 Å². The molecule has 0 amide bonds. The molecule has 7 heteroatoms. The van der Waals surface area contributed by atoms with Crippen LogP contribution in [0.5, 0.6) is 0 Å². The van der Waals surface area contributed by atoms with Crippen molar-refractivity contribution in [2.75, 3.05) is 7.05 Å². The predicted molar refractivity (Wildman–Crippen MR) is 101 cm³/mol. The molecule has 1 unspecified atom stereocenters. The van der Waals surface area contributed by atoms with Gasteiger partial charge in [0.25, 0.3) is 10.0 Å². The number of rotatable bonds is 5. The monoisotopic (exact) mass is 419 g/mol. The van der Waals surface area contributed by atoms with Crippen LogP contribution in [0.2, 0.25) is 0 Å². The maximum absolute atomic E-state index is 13.2. The van der Waals surface area contributed by atoms with E-state index >= 15 is 0 Å². The van der Waals surface area contributed by atoms with Gasteiger partial charge in [0.2, 0.25) is 0 Å². The molecule has 0 N–H and O–H groups in total. The molecule has 2 aromatic carbocycles. The van der Waals surface area contributed by atoms with Gasteiger partial charge in [-0.15, -0.1) is 0 Å². The van der Waals surface area contributed by atoms with E-state index in [1.807, 2.05) is 54.6 Å². The summed E-state index contributed by atoms with van der Waals surface area (Å²) in [7, 11) is -0.507. The summed E-state index contributed by atoms with van der Waals surface area (Å²) in [5.74, 6) is 0. The fourth-order valence-corrected chi connectivity index (χ4v) is 4.74. The molecule has 0 saturated heterocycles. The zero-order valence-corrected chi connectivity index (χ0v) is 16.3. The third-order valence-electron chi connectivity index (χ3n) is 4.10. The lowest BCUT2D eigenvalue weighted by Crippen LogP contribution is -2.33. The summed E-state index contributed by atoms with van der Waals surface area (Å²) in [4.78, 5) is 0. The SMILES string of the molecule is CN(C(c1ccccc1)c1ccccc1Br)S(=O)(=O)c1ccnn1C. The highest BCUT2D eigenvalue weighted by atomic mass is 79.9. The molecule has 1 heterocycles. The normalized spacial score (nSPS) is 13.1. The average Bonchev–Trinajstić information content (AvgIpc) is 3.04. The van der Waals surface area contributed by atoms with Gasteiger partial charge in [0.1, 0.15) is 0 Å². The third kappa shape index (κ3) is 3.40. The number of aromatic nitrogens is 2. The number of benzene rings is 2. The molecule has 0 radical (unpaired) electrons. The van der Waals surface area contributed by atoms with Crippen molar-refractivity contribution in [1.29, 1.82) is 0 Å². The Morgan fingerprint density at radius 2 is 1.68 bits per heavy atom. The van der Waals surface area contributed by atoms with E-state index < -0.39 is 16.1 Å². The van der Waals surface area contributed by atoms with Crippen molar-refractivity contribution < 1.29 is 8.42 Å². The first-order chi connectivity index (χ1) is 11.9. The smallest absolute Gasteiger partial charge is 0.256 e. The summed E-state index contributed by atoms with van der Waals surface area (Å²) in [6.45, 7) is 0. The van der Waals surface area contributed by atoms with Gasteiger partial charge in [0.05, 0.1) is 12.2 Å². The minimum atomic E-state index is -3.73. The third-order valence-corrected chi connectivity index (χ3v) is 6.72. The van der Waals surface area contributed by atoms with Crippen LogP contribution >= 0.6 is 15.9 Å². The Morgan fingerprint density at radius 3 is 2.28 bits per heavy atom. The van der Waals surface area contributed by atoms with Crippen molar-refractivity contribution >= 4 is 26.0 Å². The Labute approximate surface area is 156 Å². The van der Waals surface area contributed by atoms with E-state index in [0.29, 0.717) is 0 Å². The number of hydrogen-bond donors (Lipinski definition) is 0. The van der Waals surface area contributed by atoms with Crippen molar-refractivity contribution in [3.63, 3.8) is 0 Å². The maximum atomic E-state index is 13.2. The van der Waals surface area contributed by atoms with Crippen LogP contribution < -0.4 is 0 Å². The molecule has 3 rings (SSSR count). The van der Waals surface area contributed by atoms with Crippen LogP contribution in [0.25, 0.3) is 0 Å². The standard InChI is InChI=1S/C18H18BrN3O2S/c1-21-17(12-13-20-21)25(23,24)22(2)18(14-8-4-3-5-9-14)15-10-6-7-11-16(15)19/h3-13,18H,1-2H3. The predicted octanol–water partition coefficient (Wildman–Crippen LogP) is 3.59. The summed E-state index contributed by atoms with van der Waals surface area (Å²) in [6, 6.07) is 18.3. The summed E-state index contributed by atoms with van der Waals surface area (Å²) in [5.41, 5.74) is 1.77. The molecule has 0 spiro atoms. The zero-order chi connectivity index (χ0) is 18.0. The van der Waals surface area contributed by atoms with Gasteiger partial charge in [-0.25, -0.2) is 8.42 Å². The number of hydrogen-bond acceptors (Lipinski definition) is 3. The molecule has 0 fully saturated rings. The molecule has 0 aliphatic heterocycles. The molecule has 3 aromatic rings. The molecule has 25 heavy (non-hydrogen) atoms. The Bertz CT molecular complexity index is 971. The average molecular weight is 420 g/mol. The maximum Gasteiger partial charge on any atom is 0.260 e. The van der Waals surface area contributed by atoms with E-state index in [4.69, 9.17) is 0 Å². The fraction of sp³-hybridized carbons (Fsp3) is 0.167. The molecule has 0 saturated carbocycles. The van der Waals surface area contributed by atoms with E-state index in [1.165, 1.54) is 21.3 Å². The largest absolute Gasteiger partial charge is 0.260 e. The highest BCUT2D eigenvalue weighted by molar-refractivity contribution is 9.10. The summed E-state index contributed by atoms with van der Waals surface area (Å²) >= 11 is 3.55. The lowest BCUT2D eigenvalue weighted by molar-refractivity contribution is 0.411. The van der Waals surface area contributed by atoms with Gasteiger partial charge in [-0.05, 0) is 23.3 Å². The van der Waals surface area contributed by atoms with Gasteiger partial charge in [0.15, 0.2) is 5.03 Å². The van der Waals surface area contributed by atoms with Crippen molar-refractivity contribution in [2.45, 2.75) is 11.1 Å². The van der Waals surface area contributed by atoms with Gasteiger partial charge < -0.3 is 0 Å². The molecule has 0 aliphatic rings. The lowest BCUT2D eigenvalue weighted by Gasteiger charge is -2.29. The van der Waals surface area contributed by atoms with Gasteiger partial charge in [-0.1, -0.05) is 64.5 Å². The second-order valence-electron chi connectivity index (χ2n) is 5.65. The Morgan fingerprint density at radius 1 is 1.04 bits per heavy atom. The number of aryl methyl sites for hydroxylation is 1. The number of sulfonamides is 1. The van der Waals surface area contributed by atoms with E-state index in [9.17, 15) is 8.42 Å². The first-order valence-electron chi connectivity index (χ1n) is 7.68. The summed E-state index contributed by atoms with van der Waals surface area (Å²) < 4.78 is 29.9. The number of halogens is 1. The molecule has 130 valence electrons. The summed E-state index contributed by atoms with van der Waals surface area (Å²) in [6.07, 6.45) is 1.48. The van der Waals surface area contributed by atoms with Gasteiger partial charge in [-0.3, -0.25) is 4.68 Å². The quantitative estimate of drug-likeness (QED) is 0.634. The highest BCUT2D eigenvalue weighted by Crippen LogP contribution is 2.35. The molecule has 1 aromatic heterocycles. The number of nitrogens with zero attached hydrogens (tertiary/aromatic N) is 3. The Kier molecular flexibility index (Phi) is 5.08. The minimum absolute atomic E-state index is 0.156. The van der Waals surface area contributed by atoms with E-state index in [2.05, 4.69) is 21.0 Å². The molecule has 1 atom stereocenters. The molecule has 0 bridgehead atoms. The fourth-order valence-electron chi connectivity index (χ4n) is 2.82. The van der Waals surface area contributed by atoms with Crippen LogP contribution in [0, 0.1) is 0 Å². The second-order valence-corrected chi connectivity index (χ2v) is 8.45. The van der Waals surface area contributed by atoms with E-state index in [1.54, 1.807) is 14.1 Å². The molecule has 5 nitrogen and oxygen atoms in total. The Hall–Kier alpha value is -1.96. The lowest BCUT2D eigenvalue weighted by atomic mass is 9.99. The van der Waals surface area contributed by atoms with E-state index in [0.717, 1.165) is 15.6 Å². The minimum Gasteiger partial charge on any atom is -0.256 e. The van der Waals surface area contributed by atoms with Crippen LogP contribution in [-0.4, -0.2) is 29.6 Å². The van der Waals surface area contributed by atoms with Crippen LogP contribution in [-0.2, 0) is 17.1 Å². The first kappa shape index (κ1) is 17.8. The zero-order valence-electron chi connectivity index (χ0n) is 13.9. The van der Waals surface area contributed by atoms with Crippen LogP contribution in [0.1, 0.15) is 17.2 Å². The highest BCUT2D eigenvalue weighted by Gasteiger charge is 2.33. The topological polar surface area (TPSA) is 55.2 Å². The van der Waals surface area contributed by atoms with E-state index in [-0.39, 0.29) is 5.03 Å². The van der Waals surface area contributed by atoms with Crippen molar-refractivity contribution in [2.24, 2.45) is 7.05 Å². The molecular weight excluding hydrogens is 402 g/mol. The van der Waals surface area contributed by atoms with Gasteiger partial charge >= 0.3 is 0 Å². The van der Waals surface area contributed by atoms with Gasteiger partial charge in [0, 0.05) is 18.6 Å². The Balaban J connectivity index is 2.16. The summed E-state index contributed by atoms with van der Waals surface area (Å²) in [5, 5.41) is 4.14. The van der Waals surface area contributed by atoms with Gasteiger partial charge in [-0.2, -0.15) is 9.40 Å². The van der Waals surface area contributed by atoms with Crippen LogP contribution in [0.3, 0.4) is 0 Å². The van der Waals surface area contributed by atoms with Crippen molar-refractivity contribution in [3.05, 3.63) is 82.5 Å². The van der Waals surface area contributed by atoms with Crippen LogP contribution in [0.15, 0.2) is 76.4 Å². The first-order valence-corrected chi connectivity index (χ1v) is 9.91. The second kappa shape index (κ2) is 7.11. The molecule has 0 aliphatic carbocycles.